The number of hydrogen-bond donors (Lipinski definition) is 2. The van der Waals surface area contributed by atoms with Gasteiger partial charge in [0.25, 0.3) is 0 Å². The van der Waals surface area contributed by atoms with Crippen LogP contribution >= 0.6 is 23.2 Å². The Kier molecular flexibility index (Phi) is 6.02. The van der Waals surface area contributed by atoms with Crippen LogP contribution in [-0.4, -0.2) is 18.4 Å². The minimum atomic E-state index is -0.306. The van der Waals surface area contributed by atoms with E-state index >= 15 is 0 Å². The topological polar surface area (TPSA) is 58.2 Å². The van der Waals surface area contributed by atoms with Gasteiger partial charge in [-0.15, -0.1) is 0 Å². The fourth-order valence-corrected chi connectivity index (χ4v) is 2.27. The summed E-state index contributed by atoms with van der Waals surface area (Å²) < 4.78 is 0. The van der Waals surface area contributed by atoms with Crippen LogP contribution in [0.25, 0.3) is 0 Å². The van der Waals surface area contributed by atoms with Gasteiger partial charge in [-0.2, -0.15) is 0 Å². The summed E-state index contributed by atoms with van der Waals surface area (Å²) in [5, 5.41) is 6.50. The van der Waals surface area contributed by atoms with Gasteiger partial charge in [-0.1, -0.05) is 41.4 Å². The first-order valence-corrected chi connectivity index (χ1v) is 7.77. The Morgan fingerprint density at radius 3 is 2.39 bits per heavy atom. The molecule has 0 unspecified atom stereocenters. The Balaban J connectivity index is 1.83. The van der Waals surface area contributed by atoms with Gasteiger partial charge in [0.05, 0.1) is 13.0 Å². The van der Waals surface area contributed by atoms with Crippen molar-refractivity contribution >= 4 is 40.7 Å². The van der Waals surface area contributed by atoms with Crippen molar-refractivity contribution in [1.29, 1.82) is 0 Å². The molecule has 120 valence electrons. The normalized spacial score (nSPS) is 10.2. The lowest BCUT2D eigenvalue weighted by Gasteiger charge is -2.10. The molecule has 0 heterocycles. The largest absolute Gasteiger partial charge is 0.347 e. The molecule has 2 N–H and O–H groups in total. The van der Waals surface area contributed by atoms with Crippen molar-refractivity contribution in [2.75, 3.05) is 11.9 Å². The monoisotopic (exact) mass is 350 g/mol. The van der Waals surface area contributed by atoms with Crippen molar-refractivity contribution in [1.82, 2.24) is 5.32 Å². The second-order valence-electron chi connectivity index (χ2n) is 5.04. The quantitative estimate of drug-likeness (QED) is 0.865. The molecule has 2 rings (SSSR count). The maximum atomic E-state index is 11.9. The molecular weight excluding hydrogens is 335 g/mol. The Labute approximate surface area is 144 Å². The first-order chi connectivity index (χ1) is 11.0. The van der Waals surface area contributed by atoms with Crippen LogP contribution in [0.4, 0.5) is 5.69 Å². The number of hydrogen-bond acceptors (Lipinski definition) is 2. The van der Waals surface area contributed by atoms with E-state index in [0.717, 1.165) is 11.1 Å². The second-order valence-corrected chi connectivity index (χ2v) is 5.88. The smallest absolute Gasteiger partial charge is 0.243 e. The highest BCUT2D eigenvalue weighted by atomic mass is 35.5. The van der Waals surface area contributed by atoms with E-state index in [2.05, 4.69) is 10.6 Å². The van der Waals surface area contributed by atoms with Crippen molar-refractivity contribution in [2.45, 2.75) is 13.3 Å². The standard InChI is InChI=1S/C17H16Cl2N2O2/c1-11-14(19)3-2-4-15(11)21-17(23)10-20-16(22)9-12-5-7-13(18)8-6-12/h2-8H,9-10H2,1H3,(H,20,22)(H,21,23). The molecule has 2 amide bonds. The highest BCUT2D eigenvalue weighted by molar-refractivity contribution is 6.31. The van der Waals surface area contributed by atoms with E-state index < -0.39 is 0 Å². The summed E-state index contributed by atoms with van der Waals surface area (Å²) in [7, 11) is 0. The van der Waals surface area contributed by atoms with Gasteiger partial charge in [-0.05, 0) is 42.3 Å². The van der Waals surface area contributed by atoms with Gasteiger partial charge in [0.1, 0.15) is 0 Å². The number of benzene rings is 2. The first kappa shape index (κ1) is 17.3. The molecule has 0 fully saturated rings. The summed E-state index contributed by atoms with van der Waals surface area (Å²) in [5.41, 5.74) is 2.25. The molecule has 0 atom stereocenters. The van der Waals surface area contributed by atoms with Gasteiger partial charge in [0.15, 0.2) is 0 Å². The van der Waals surface area contributed by atoms with E-state index in [0.29, 0.717) is 15.7 Å². The molecule has 0 bridgehead atoms. The van der Waals surface area contributed by atoms with Crippen LogP contribution in [0.3, 0.4) is 0 Å². The number of rotatable bonds is 5. The fraction of sp³-hybridized carbons (Fsp3) is 0.176. The van der Waals surface area contributed by atoms with Crippen LogP contribution in [0, 0.1) is 6.92 Å². The lowest BCUT2D eigenvalue weighted by atomic mass is 10.1. The average Bonchev–Trinajstić information content (AvgIpc) is 2.52. The van der Waals surface area contributed by atoms with Crippen molar-refractivity contribution in [2.24, 2.45) is 0 Å². The van der Waals surface area contributed by atoms with Crippen LogP contribution in [0.1, 0.15) is 11.1 Å². The molecule has 6 heteroatoms. The molecular formula is C17H16Cl2N2O2. The summed E-state index contributed by atoms with van der Waals surface area (Å²) in [6.45, 7) is 1.72. The summed E-state index contributed by atoms with van der Waals surface area (Å²) in [6.07, 6.45) is 0.195. The third-order valence-corrected chi connectivity index (χ3v) is 3.93. The summed E-state index contributed by atoms with van der Waals surface area (Å²) in [6, 6.07) is 12.3. The molecule has 0 radical (unpaired) electrons. The molecule has 0 aliphatic carbocycles. The zero-order valence-electron chi connectivity index (χ0n) is 12.5. The number of halogens is 2. The van der Waals surface area contributed by atoms with Crippen LogP contribution in [0.5, 0.6) is 0 Å². The lowest BCUT2D eigenvalue weighted by Crippen LogP contribution is -2.33. The van der Waals surface area contributed by atoms with Gasteiger partial charge in [0, 0.05) is 15.7 Å². The molecule has 0 saturated heterocycles. The number of amides is 2. The van der Waals surface area contributed by atoms with Crippen LogP contribution in [-0.2, 0) is 16.0 Å². The van der Waals surface area contributed by atoms with Gasteiger partial charge in [-0.25, -0.2) is 0 Å². The van der Waals surface area contributed by atoms with Gasteiger partial charge < -0.3 is 10.6 Å². The summed E-state index contributed by atoms with van der Waals surface area (Å²) in [5.74, 6) is -0.537. The van der Waals surface area contributed by atoms with E-state index in [1.54, 1.807) is 42.5 Å². The number of carbonyl (C=O) groups is 2. The van der Waals surface area contributed by atoms with Crippen LogP contribution < -0.4 is 10.6 Å². The Bertz CT molecular complexity index is 715. The van der Waals surface area contributed by atoms with E-state index in [-0.39, 0.29) is 24.8 Å². The zero-order valence-corrected chi connectivity index (χ0v) is 14.0. The van der Waals surface area contributed by atoms with Crippen molar-refractivity contribution < 1.29 is 9.59 Å². The zero-order chi connectivity index (χ0) is 16.8. The van der Waals surface area contributed by atoms with Crippen LogP contribution in [0.2, 0.25) is 10.0 Å². The number of carbonyl (C=O) groups excluding carboxylic acids is 2. The van der Waals surface area contributed by atoms with Crippen molar-refractivity contribution in [3.8, 4) is 0 Å². The Hall–Kier alpha value is -2.04. The minimum Gasteiger partial charge on any atom is -0.347 e. The van der Waals surface area contributed by atoms with E-state index in [1.165, 1.54) is 0 Å². The van der Waals surface area contributed by atoms with Gasteiger partial charge in [-0.3, -0.25) is 9.59 Å². The van der Waals surface area contributed by atoms with Gasteiger partial charge in [0.2, 0.25) is 11.8 Å². The lowest BCUT2D eigenvalue weighted by molar-refractivity contribution is -0.123. The molecule has 0 aromatic heterocycles. The predicted octanol–water partition coefficient (Wildman–Crippen LogP) is 3.60. The molecule has 0 spiro atoms. The second kappa shape index (κ2) is 7.99. The molecule has 2 aromatic carbocycles. The summed E-state index contributed by atoms with van der Waals surface area (Å²) >= 11 is 11.8. The predicted molar refractivity (Wildman–Crippen MR) is 93.0 cm³/mol. The molecule has 2 aromatic rings. The third kappa shape index (κ3) is 5.27. The highest BCUT2D eigenvalue weighted by Crippen LogP contribution is 2.22. The average molecular weight is 351 g/mol. The van der Waals surface area contributed by atoms with E-state index in [4.69, 9.17) is 23.2 Å². The summed E-state index contributed by atoms with van der Waals surface area (Å²) in [4.78, 5) is 23.7. The fourth-order valence-electron chi connectivity index (χ4n) is 1.97. The first-order valence-electron chi connectivity index (χ1n) is 7.02. The maximum Gasteiger partial charge on any atom is 0.243 e. The molecule has 0 saturated carbocycles. The number of anilines is 1. The molecule has 4 nitrogen and oxygen atoms in total. The minimum absolute atomic E-state index is 0.0988. The van der Waals surface area contributed by atoms with E-state index in [9.17, 15) is 9.59 Å². The SMILES string of the molecule is Cc1c(Cl)cccc1NC(=O)CNC(=O)Cc1ccc(Cl)cc1. The van der Waals surface area contributed by atoms with Crippen molar-refractivity contribution in [3.05, 3.63) is 63.6 Å². The van der Waals surface area contributed by atoms with Gasteiger partial charge >= 0.3 is 0 Å². The maximum absolute atomic E-state index is 11.9. The Morgan fingerprint density at radius 1 is 1.00 bits per heavy atom. The van der Waals surface area contributed by atoms with E-state index in [1.807, 2.05) is 6.92 Å². The van der Waals surface area contributed by atoms with Crippen LogP contribution in [0.15, 0.2) is 42.5 Å². The highest BCUT2D eigenvalue weighted by Gasteiger charge is 2.09. The molecule has 0 aliphatic heterocycles. The third-order valence-electron chi connectivity index (χ3n) is 3.27. The molecule has 0 aliphatic rings. The molecule has 23 heavy (non-hydrogen) atoms. The Morgan fingerprint density at radius 2 is 1.70 bits per heavy atom. The number of nitrogens with one attached hydrogen (secondary N) is 2. The van der Waals surface area contributed by atoms with Crippen molar-refractivity contribution in [3.63, 3.8) is 0 Å².